The van der Waals surface area contributed by atoms with E-state index in [0.717, 1.165) is 35.7 Å². The van der Waals surface area contributed by atoms with Gasteiger partial charge in [-0.15, -0.1) is 11.3 Å². The minimum Gasteiger partial charge on any atom is -0.493 e. The summed E-state index contributed by atoms with van der Waals surface area (Å²) in [7, 11) is 3.29. The molecule has 2 aromatic rings. The monoisotopic (exact) mass is 292 g/mol. The number of methoxy groups -OCH3 is 2. The van der Waals surface area contributed by atoms with Crippen molar-refractivity contribution in [3.8, 4) is 11.5 Å². The largest absolute Gasteiger partial charge is 0.493 e. The van der Waals surface area contributed by atoms with Crippen molar-refractivity contribution in [1.82, 2.24) is 4.98 Å². The van der Waals surface area contributed by atoms with Crippen molar-refractivity contribution < 1.29 is 9.47 Å². The SMILES string of the molecule is CCc1ncc(CNc2cc(OC)c(OC)cc2C)s1. The molecule has 0 amide bonds. The van der Waals surface area contributed by atoms with Crippen LogP contribution in [0.3, 0.4) is 0 Å². The molecular weight excluding hydrogens is 272 g/mol. The lowest BCUT2D eigenvalue weighted by atomic mass is 10.1. The molecule has 0 aliphatic carbocycles. The van der Waals surface area contributed by atoms with Crippen molar-refractivity contribution in [3.63, 3.8) is 0 Å². The number of ether oxygens (including phenoxy) is 2. The van der Waals surface area contributed by atoms with Crippen LogP contribution < -0.4 is 14.8 Å². The summed E-state index contributed by atoms with van der Waals surface area (Å²) in [6.45, 7) is 4.94. The van der Waals surface area contributed by atoms with Gasteiger partial charge in [-0.3, -0.25) is 0 Å². The molecule has 0 saturated heterocycles. The van der Waals surface area contributed by atoms with E-state index in [1.165, 1.54) is 9.88 Å². The zero-order valence-corrected chi connectivity index (χ0v) is 13.1. The molecule has 0 radical (unpaired) electrons. The standard InChI is InChI=1S/C15H20N2O2S/c1-5-15-17-9-11(20-15)8-16-12-7-14(19-4)13(18-3)6-10(12)2/h6-7,9,16H,5,8H2,1-4H3. The van der Waals surface area contributed by atoms with Gasteiger partial charge in [-0.05, 0) is 25.0 Å². The van der Waals surface area contributed by atoms with E-state index in [1.54, 1.807) is 25.6 Å². The molecule has 4 nitrogen and oxygen atoms in total. The highest BCUT2D eigenvalue weighted by atomic mass is 32.1. The summed E-state index contributed by atoms with van der Waals surface area (Å²) in [5.41, 5.74) is 2.18. The number of aryl methyl sites for hydroxylation is 2. The minimum absolute atomic E-state index is 0.735. The molecule has 2 rings (SSSR count). The summed E-state index contributed by atoms with van der Waals surface area (Å²) in [6, 6.07) is 3.95. The molecule has 0 aliphatic rings. The molecule has 0 spiro atoms. The molecule has 1 N–H and O–H groups in total. The van der Waals surface area contributed by atoms with Crippen LogP contribution >= 0.6 is 11.3 Å². The average Bonchev–Trinajstić information content (AvgIpc) is 2.93. The van der Waals surface area contributed by atoms with Crippen LogP contribution in [0.15, 0.2) is 18.3 Å². The molecule has 1 aromatic carbocycles. The molecule has 0 aliphatic heterocycles. The van der Waals surface area contributed by atoms with Crippen molar-refractivity contribution >= 4 is 17.0 Å². The summed E-state index contributed by atoms with van der Waals surface area (Å²) < 4.78 is 10.6. The van der Waals surface area contributed by atoms with Gasteiger partial charge in [0.05, 0.1) is 25.8 Å². The van der Waals surface area contributed by atoms with Crippen LogP contribution in [0, 0.1) is 6.92 Å². The lowest BCUT2D eigenvalue weighted by Crippen LogP contribution is -2.01. The molecule has 0 bridgehead atoms. The topological polar surface area (TPSA) is 43.4 Å². The first kappa shape index (κ1) is 14.7. The van der Waals surface area contributed by atoms with Gasteiger partial charge in [0.15, 0.2) is 11.5 Å². The van der Waals surface area contributed by atoms with Gasteiger partial charge in [-0.25, -0.2) is 4.98 Å². The number of nitrogens with zero attached hydrogens (tertiary/aromatic N) is 1. The van der Waals surface area contributed by atoms with E-state index in [0.29, 0.717) is 0 Å². The summed E-state index contributed by atoms with van der Waals surface area (Å²) in [4.78, 5) is 5.60. The molecule has 108 valence electrons. The van der Waals surface area contributed by atoms with Crippen molar-refractivity contribution in [1.29, 1.82) is 0 Å². The molecular formula is C15H20N2O2S. The Kier molecular flexibility index (Phi) is 4.84. The number of hydrogen-bond donors (Lipinski definition) is 1. The number of aromatic nitrogens is 1. The van der Waals surface area contributed by atoms with E-state index in [4.69, 9.17) is 9.47 Å². The minimum atomic E-state index is 0.735. The third-order valence-electron chi connectivity index (χ3n) is 3.09. The van der Waals surface area contributed by atoms with Gasteiger partial charge in [-0.2, -0.15) is 0 Å². The zero-order valence-electron chi connectivity index (χ0n) is 12.3. The normalized spacial score (nSPS) is 10.4. The average molecular weight is 292 g/mol. The molecule has 1 aromatic heterocycles. The highest BCUT2D eigenvalue weighted by Gasteiger charge is 2.09. The van der Waals surface area contributed by atoms with Crippen LogP contribution in [-0.2, 0) is 13.0 Å². The Morgan fingerprint density at radius 3 is 2.50 bits per heavy atom. The van der Waals surface area contributed by atoms with Crippen molar-refractivity contribution in [2.24, 2.45) is 0 Å². The first-order valence-electron chi connectivity index (χ1n) is 6.58. The lowest BCUT2D eigenvalue weighted by molar-refractivity contribution is 0.355. The fraction of sp³-hybridized carbons (Fsp3) is 0.400. The second kappa shape index (κ2) is 6.61. The fourth-order valence-corrected chi connectivity index (χ4v) is 2.75. The van der Waals surface area contributed by atoms with Crippen LogP contribution in [-0.4, -0.2) is 19.2 Å². The quantitative estimate of drug-likeness (QED) is 0.882. The molecule has 5 heteroatoms. The first-order chi connectivity index (χ1) is 9.67. The van der Waals surface area contributed by atoms with Crippen LogP contribution in [0.1, 0.15) is 22.4 Å². The van der Waals surface area contributed by atoms with Gasteiger partial charge in [0.1, 0.15) is 0 Å². The van der Waals surface area contributed by atoms with E-state index in [1.807, 2.05) is 18.3 Å². The van der Waals surface area contributed by atoms with E-state index in [9.17, 15) is 0 Å². The van der Waals surface area contributed by atoms with E-state index >= 15 is 0 Å². The van der Waals surface area contributed by atoms with Crippen molar-refractivity contribution in [3.05, 3.63) is 33.8 Å². The van der Waals surface area contributed by atoms with Gasteiger partial charge < -0.3 is 14.8 Å². The van der Waals surface area contributed by atoms with Gasteiger partial charge in [-0.1, -0.05) is 6.92 Å². The number of benzene rings is 1. The summed E-state index contributed by atoms with van der Waals surface area (Å²) in [6.07, 6.45) is 2.92. The van der Waals surface area contributed by atoms with Crippen LogP contribution in [0.2, 0.25) is 0 Å². The van der Waals surface area contributed by atoms with E-state index < -0.39 is 0 Å². The van der Waals surface area contributed by atoms with Crippen LogP contribution in [0.4, 0.5) is 5.69 Å². The molecule has 0 unspecified atom stereocenters. The number of hydrogen-bond acceptors (Lipinski definition) is 5. The molecule has 20 heavy (non-hydrogen) atoms. The predicted octanol–water partition coefficient (Wildman–Crippen LogP) is 3.64. The van der Waals surface area contributed by atoms with Crippen molar-refractivity contribution in [2.45, 2.75) is 26.8 Å². The Labute approximate surface area is 123 Å². The van der Waals surface area contributed by atoms with Gasteiger partial charge in [0.25, 0.3) is 0 Å². The third kappa shape index (κ3) is 3.22. The fourth-order valence-electron chi connectivity index (χ4n) is 1.95. The predicted molar refractivity (Wildman–Crippen MR) is 83.1 cm³/mol. The van der Waals surface area contributed by atoms with E-state index in [2.05, 4.69) is 24.1 Å². The van der Waals surface area contributed by atoms with Gasteiger partial charge in [0.2, 0.25) is 0 Å². The summed E-state index contributed by atoms with van der Waals surface area (Å²) in [5, 5.41) is 4.60. The Bertz CT molecular complexity index is 581. The maximum Gasteiger partial charge on any atom is 0.162 e. The third-order valence-corrected chi connectivity index (χ3v) is 4.23. The number of anilines is 1. The summed E-state index contributed by atoms with van der Waals surface area (Å²) in [5.74, 6) is 1.49. The molecule has 0 atom stereocenters. The number of thiazole rings is 1. The lowest BCUT2D eigenvalue weighted by Gasteiger charge is -2.13. The van der Waals surface area contributed by atoms with Crippen molar-refractivity contribution in [2.75, 3.05) is 19.5 Å². The highest BCUT2D eigenvalue weighted by molar-refractivity contribution is 7.11. The smallest absolute Gasteiger partial charge is 0.162 e. The van der Waals surface area contributed by atoms with Crippen LogP contribution in [0.25, 0.3) is 0 Å². The first-order valence-corrected chi connectivity index (χ1v) is 7.39. The zero-order chi connectivity index (χ0) is 14.5. The Hall–Kier alpha value is -1.75. The second-order valence-electron chi connectivity index (χ2n) is 4.45. The second-order valence-corrected chi connectivity index (χ2v) is 5.65. The molecule has 0 saturated carbocycles. The number of nitrogens with one attached hydrogen (secondary N) is 1. The van der Waals surface area contributed by atoms with E-state index in [-0.39, 0.29) is 0 Å². The number of rotatable bonds is 6. The van der Waals surface area contributed by atoms with Gasteiger partial charge >= 0.3 is 0 Å². The summed E-state index contributed by atoms with van der Waals surface area (Å²) >= 11 is 1.75. The Morgan fingerprint density at radius 1 is 1.20 bits per heavy atom. The highest BCUT2D eigenvalue weighted by Crippen LogP contribution is 2.33. The Balaban J connectivity index is 2.12. The maximum atomic E-state index is 5.33. The molecule has 0 fully saturated rings. The van der Waals surface area contributed by atoms with Crippen LogP contribution in [0.5, 0.6) is 11.5 Å². The Morgan fingerprint density at radius 2 is 1.90 bits per heavy atom. The maximum absolute atomic E-state index is 5.33. The van der Waals surface area contributed by atoms with Gasteiger partial charge in [0, 0.05) is 22.8 Å². The molecule has 1 heterocycles.